The molecule has 0 spiro atoms. The van der Waals surface area contributed by atoms with E-state index in [0.717, 1.165) is 31.6 Å². The second-order valence-electron chi connectivity index (χ2n) is 6.60. The van der Waals surface area contributed by atoms with Crippen LogP contribution in [0.1, 0.15) is 47.3 Å². The average Bonchev–Trinajstić information content (AvgIpc) is 3.32. The van der Waals surface area contributed by atoms with Crippen LogP contribution in [0.2, 0.25) is 0 Å². The first-order chi connectivity index (χ1) is 12.7. The molecule has 0 aliphatic carbocycles. The number of hydrogen-bond donors (Lipinski definition) is 1. The predicted octanol–water partition coefficient (Wildman–Crippen LogP) is 2.01. The van der Waals surface area contributed by atoms with Crippen molar-refractivity contribution in [2.24, 2.45) is 0 Å². The molecule has 1 atom stereocenters. The number of aromatic amines is 1. The zero-order valence-corrected chi connectivity index (χ0v) is 14.8. The highest BCUT2D eigenvalue weighted by atomic mass is 16.5. The van der Waals surface area contributed by atoms with Crippen molar-refractivity contribution in [2.45, 2.75) is 32.2 Å². The van der Waals surface area contributed by atoms with Gasteiger partial charge in [-0.2, -0.15) is 10.2 Å². The maximum atomic E-state index is 11.9. The number of H-pyrrole nitrogens is 1. The highest BCUT2D eigenvalue weighted by molar-refractivity contribution is 5.95. The van der Waals surface area contributed by atoms with Gasteiger partial charge in [-0.3, -0.25) is 10.00 Å². The minimum Gasteiger partial charge on any atom is -0.462 e. The van der Waals surface area contributed by atoms with Gasteiger partial charge in [-0.25, -0.2) is 14.3 Å². The van der Waals surface area contributed by atoms with Crippen molar-refractivity contribution in [2.75, 3.05) is 19.7 Å². The van der Waals surface area contributed by atoms with Crippen LogP contribution in [0.3, 0.4) is 0 Å². The minimum atomic E-state index is -0.388. The molecule has 0 aromatic carbocycles. The van der Waals surface area contributed by atoms with Crippen molar-refractivity contribution in [3.63, 3.8) is 0 Å². The summed E-state index contributed by atoms with van der Waals surface area (Å²) in [6.45, 7) is 4.98. The fourth-order valence-electron chi connectivity index (χ4n) is 3.55. The summed E-state index contributed by atoms with van der Waals surface area (Å²) >= 11 is 0. The van der Waals surface area contributed by atoms with Crippen molar-refractivity contribution >= 4 is 11.6 Å². The summed E-state index contributed by atoms with van der Waals surface area (Å²) in [5.41, 5.74) is 3.20. The Morgan fingerprint density at radius 3 is 3.15 bits per heavy atom. The second kappa shape index (κ2) is 7.25. The van der Waals surface area contributed by atoms with Gasteiger partial charge in [0.1, 0.15) is 5.56 Å². The Morgan fingerprint density at radius 2 is 2.35 bits per heavy atom. The Kier molecular flexibility index (Phi) is 4.66. The monoisotopic (exact) mass is 354 g/mol. The van der Waals surface area contributed by atoms with E-state index in [2.05, 4.69) is 31.2 Å². The number of fused-ring (bicyclic) bond motifs is 1. The van der Waals surface area contributed by atoms with Crippen LogP contribution in [0.25, 0.3) is 5.65 Å². The Bertz CT molecular complexity index is 888. The lowest BCUT2D eigenvalue weighted by Gasteiger charge is -2.32. The second-order valence-corrected chi connectivity index (χ2v) is 6.60. The number of rotatable bonds is 5. The summed E-state index contributed by atoms with van der Waals surface area (Å²) in [6, 6.07) is 2.06. The number of carbonyl (C=O) groups excluding carboxylic acids is 1. The molecule has 1 fully saturated rings. The van der Waals surface area contributed by atoms with E-state index in [4.69, 9.17) is 4.74 Å². The maximum absolute atomic E-state index is 11.9. The molecular weight excluding hydrogens is 332 g/mol. The summed E-state index contributed by atoms with van der Waals surface area (Å²) in [6.07, 6.45) is 9.42. The maximum Gasteiger partial charge on any atom is 0.343 e. The van der Waals surface area contributed by atoms with E-state index in [9.17, 15) is 4.79 Å². The van der Waals surface area contributed by atoms with E-state index in [0.29, 0.717) is 23.7 Å². The number of nitrogens with one attached hydrogen (secondary N) is 1. The molecule has 4 heterocycles. The van der Waals surface area contributed by atoms with Crippen LogP contribution in [0.5, 0.6) is 0 Å². The standard InChI is InChI=1S/C18H22N6O2/c1-2-26-18(25)15-9-21-24-11-13(8-19-17(15)24)10-23-7-3-4-14(12-23)16-5-6-20-22-16/h5-6,8-9,11,14H,2-4,7,10,12H2,1H3,(H,20,22)/t14-/m1/s1. The molecule has 8 nitrogen and oxygen atoms in total. The third kappa shape index (κ3) is 3.32. The lowest BCUT2D eigenvalue weighted by molar-refractivity contribution is 0.0528. The number of carbonyl (C=O) groups is 1. The largest absolute Gasteiger partial charge is 0.462 e. The van der Waals surface area contributed by atoms with E-state index in [1.165, 1.54) is 18.3 Å². The lowest BCUT2D eigenvalue weighted by Crippen LogP contribution is -2.34. The van der Waals surface area contributed by atoms with Gasteiger partial charge in [0, 0.05) is 48.9 Å². The van der Waals surface area contributed by atoms with Gasteiger partial charge in [0.15, 0.2) is 5.65 Å². The van der Waals surface area contributed by atoms with Gasteiger partial charge in [-0.05, 0) is 32.4 Å². The number of aromatic nitrogens is 5. The van der Waals surface area contributed by atoms with Crippen LogP contribution < -0.4 is 0 Å². The number of likely N-dealkylation sites (tertiary alicyclic amines) is 1. The Morgan fingerprint density at radius 1 is 1.42 bits per heavy atom. The molecule has 1 N–H and O–H groups in total. The molecule has 136 valence electrons. The molecule has 8 heteroatoms. The van der Waals surface area contributed by atoms with Crippen LogP contribution in [0, 0.1) is 0 Å². The van der Waals surface area contributed by atoms with Crippen LogP contribution in [-0.2, 0) is 11.3 Å². The normalized spacial score (nSPS) is 18.3. The molecule has 1 aliphatic heterocycles. The summed E-state index contributed by atoms with van der Waals surface area (Å²) in [5.74, 6) is 0.101. The molecule has 26 heavy (non-hydrogen) atoms. The molecule has 3 aromatic rings. The molecule has 0 amide bonds. The van der Waals surface area contributed by atoms with Crippen molar-refractivity contribution in [1.29, 1.82) is 0 Å². The van der Waals surface area contributed by atoms with Crippen LogP contribution in [0.15, 0.2) is 30.9 Å². The number of hydrogen-bond acceptors (Lipinski definition) is 6. The zero-order chi connectivity index (χ0) is 17.9. The van der Waals surface area contributed by atoms with E-state index < -0.39 is 0 Å². The lowest BCUT2D eigenvalue weighted by atomic mass is 9.95. The molecular formula is C18H22N6O2. The van der Waals surface area contributed by atoms with Crippen molar-refractivity contribution in [3.05, 3.63) is 47.7 Å². The van der Waals surface area contributed by atoms with E-state index in [-0.39, 0.29) is 5.97 Å². The summed E-state index contributed by atoms with van der Waals surface area (Å²) in [5, 5.41) is 11.4. The predicted molar refractivity (Wildman–Crippen MR) is 94.8 cm³/mol. The first kappa shape index (κ1) is 16.7. The average molecular weight is 354 g/mol. The first-order valence-corrected chi connectivity index (χ1v) is 8.95. The van der Waals surface area contributed by atoms with E-state index in [1.807, 2.05) is 18.6 Å². The topological polar surface area (TPSA) is 88.4 Å². The molecule has 0 unspecified atom stereocenters. The van der Waals surface area contributed by atoms with Crippen LogP contribution >= 0.6 is 0 Å². The van der Waals surface area contributed by atoms with Crippen molar-refractivity contribution in [1.82, 2.24) is 29.7 Å². The first-order valence-electron chi connectivity index (χ1n) is 8.95. The van der Waals surface area contributed by atoms with Gasteiger partial charge in [0.05, 0.1) is 12.8 Å². The van der Waals surface area contributed by atoms with Gasteiger partial charge in [-0.15, -0.1) is 0 Å². The van der Waals surface area contributed by atoms with Crippen LogP contribution in [-0.4, -0.2) is 55.4 Å². The van der Waals surface area contributed by atoms with Crippen molar-refractivity contribution < 1.29 is 9.53 Å². The number of nitrogens with zero attached hydrogens (tertiary/aromatic N) is 5. The van der Waals surface area contributed by atoms with Gasteiger partial charge in [0.2, 0.25) is 0 Å². The number of esters is 1. The smallest absolute Gasteiger partial charge is 0.343 e. The fourth-order valence-corrected chi connectivity index (χ4v) is 3.55. The highest BCUT2D eigenvalue weighted by Gasteiger charge is 2.23. The third-order valence-corrected chi connectivity index (χ3v) is 4.78. The Hall–Kier alpha value is -2.74. The van der Waals surface area contributed by atoms with E-state index >= 15 is 0 Å². The molecule has 0 saturated carbocycles. The Labute approximate surface area is 151 Å². The van der Waals surface area contributed by atoms with Gasteiger partial charge in [-0.1, -0.05) is 0 Å². The van der Waals surface area contributed by atoms with Gasteiger partial charge < -0.3 is 4.74 Å². The third-order valence-electron chi connectivity index (χ3n) is 4.78. The summed E-state index contributed by atoms with van der Waals surface area (Å²) in [7, 11) is 0. The molecule has 0 radical (unpaired) electrons. The summed E-state index contributed by atoms with van der Waals surface area (Å²) < 4.78 is 6.70. The molecule has 3 aromatic heterocycles. The van der Waals surface area contributed by atoms with Gasteiger partial charge >= 0.3 is 5.97 Å². The minimum absolute atomic E-state index is 0.334. The molecule has 4 rings (SSSR count). The summed E-state index contributed by atoms with van der Waals surface area (Å²) in [4.78, 5) is 18.8. The quantitative estimate of drug-likeness (QED) is 0.705. The van der Waals surface area contributed by atoms with E-state index in [1.54, 1.807) is 11.4 Å². The molecule has 1 saturated heterocycles. The van der Waals surface area contributed by atoms with Crippen LogP contribution in [0.4, 0.5) is 0 Å². The Balaban J connectivity index is 1.48. The molecule has 1 aliphatic rings. The fraction of sp³-hybridized carbons (Fsp3) is 0.444. The molecule has 0 bridgehead atoms. The highest BCUT2D eigenvalue weighted by Crippen LogP contribution is 2.26. The number of ether oxygens (including phenoxy) is 1. The van der Waals surface area contributed by atoms with Gasteiger partial charge in [0.25, 0.3) is 0 Å². The number of piperidine rings is 1. The SMILES string of the molecule is CCOC(=O)c1cnn2cc(CN3CCC[C@@H](c4ccn[nH]4)C3)cnc12. The van der Waals surface area contributed by atoms with Crippen molar-refractivity contribution in [3.8, 4) is 0 Å². The zero-order valence-electron chi connectivity index (χ0n) is 14.8.